The Morgan fingerprint density at radius 1 is 1.38 bits per heavy atom. The number of ether oxygens (including phenoxy) is 1. The lowest BCUT2D eigenvalue weighted by Gasteiger charge is -2.12. The highest BCUT2D eigenvalue weighted by Crippen LogP contribution is 1.91. The van der Waals surface area contributed by atoms with E-state index in [1.807, 2.05) is 0 Å². The van der Waals surface area contributed by atoms with Crippen molar-refractivity contribution in [3.8, 4) is 0 Å². The maximum Gasteiger partial charge on any atom is 0.326 e. The van der Waals surface area contributed by atoms with Gasteiger partial charge in [-0.3, -0.25) is 0 Å². The first kappa shape index (κ1) is 14.7. The summed E-state index contributed by atoms with van der Waals surface area (Å²) in [6.45, 7) is 2.89. The monoisotopic (exact) mass is 232 g/mol. The van der Waals surface area contributed by atoms with E-state index in [2.05, 4.69) is 10.6 Å². The highest BCUT2D eigenvalue weighted by Gasteiger charge is 2.16. The number of amides is 2. The molecule has 0 aromatic rings. The molecule has 16 heavy (non-hydrogen) atoms. The summed E-state index contributed by atoms with van der Waals surface area (Å²) in [6, 6.07) is -1.26. The lowest BCUT2D eigenvalue weighted by atomic mass is 10.2. The summed E-state index contributed by atoms with van der Waals surface area (Å²) >= 11 is 0. The summed E-state index contributed by atoms with van der Waals surface area (Å²) in [5, 5.41) is 13.7. The molecule has 94 valence electrons. The van der Waals surface area contributed by atoms with Crippen LogP contribution >= 0.6 is 0 Å². The molecule has 6 nitrogen and oxygen atoms in total. The van der Waals surface area contributed by atoms with E-state index >= 15 is 0 Å². The Morgan fingerprint density at radius 2 is 2.06 bits per heavy atom. The van der Waals surface area contributed by atoms with Crippen molar-refractivity contribution >= 4 is 12.0 Å². The number of hydrogen-bond acceptors (Lipinski definition) is 3. The molecule has 0 radical (unpaired) electrons. The molecule has 0 saturated heterocycles. The first-order valence-electron chi connectivity index (χ1n) is 5.38. The number of rotatable bonds is 8. The molecule has 0 aliphatic carbocycles. The van der Waals surface area contributed by atoms with Gasteiger partial charge in [-0.05, 0) is 19.3 Å². The molecule has 0 aliphatic heterocycles. The van der Waals surface area contributed by atoms with Gasteiger partial charge in [-0.1, -0.05) is 6.92 Å². The first-order valence-corrected chi connectivity index (χ1v) is 5.38. The molecule has 2 amide bonds. The van der Waals surface area contributed by atoms with Gasteiger partial charge in [0.2, 0.25) is 0 Å². The molecule has 0 bridgehead atoms. The van der Waals surface area contributed by atoms with Crippen molar-refractivity contribution in [1.29, 1.82) is 0 Å². The van der Waals surface area contributed by atoms with Crippen LogP contribution in [0.2, 0.25) is 0 Å². The van der Waals surface area contributed by atoms with E-state index in [1.165, 1.54) is 0 Å². The maximum absolute atomic E-state index is 11.2. The molecule has 0 heterocycles. The van der Waals surface area contributed by atoms with Crippen LogP contribution in [0.4, 0.5) is 4.79 Å². The second kappa shape index (κ2) is 8.96. The van der Waals surface area contributed by atoms with Crippen LogP contribution in [0.25, 0.3) is 0 Å². The summed E-state index contributed by atoms with van der Waals surface area (Å²) in [7, 11) is 1.62. The van der Waals surface area contributed by atoms with Gasteiger partial charge in [0, 0.05) is 20.3 Å². The summed E-state index contributed by atoms with van der Waals surface area (Å²) in [5.74, 6) is -1.02. The van der Waals surface area contributed by atoms with Crippen LogP contribution in [0.15, 0.2) is 0 Å². The molecule has 1 unspecified atom stereocenters. The fourth-order valence-corrected chi connectivity index (χ4v) is 1.12. The number of urea groups is 1. The molecule has 0 aromatic carbocycles. The van der Waals surface area contributed by atoms with Crippen molar-refractivity contribution in [3.63, 3.8) is 0 Å². The summed E-state index contributed by atoms with van der Waals surface area (Å²) in [6.07, 6.45) is 2.05. The third kappa shape index (κ3) is 7.05. The Balaban J connectivity index is 3.61. The zero-order chi connectivity index (χ0) is 12.4. The van der Waals surface area contributed by atoms with Gasteiger partial charge in [0.05, 0.1) is 0 Å². The Hall–Kier alpha value is -1.30. The quantitative estimate of drug-likeness (QED) is 0.534. The van der Waals surface area contributed by atoms with Gasteiger partial charge in [0.15, 0.2) is 0 Å². The van der Waals surface area contributed by atoms with Gasteiger partial charge in [-0.15, -0.1) is 0 Å². The predicted octanol–water partition coefficient (Wildman–Crippen LogP) is 0.575. The van der Waals surface area contributed by atoms with Crippen LogP contribution in [-0.4, -0.2) is 43.4 Å². The molecule has 3 N–H and O–H groups in total. The second-order valence-corrected chi connectivity index (χ2v) is 3.40. The SMILES string of the molecule is CCC(NC(=O)NCCCCOC)C(=O)O. The van der Waals surface area contributed by atoms with Crippen molar-refractivity contribution in [1.82, 2.24) is 10.6 Å². The summed E-state index contributed by atoms with van der Waals surface area (Å²) in [5.41, 5.74) is 0. The van der Waals surface area contributed by atoms with E-state index in [-0.39, 0.29) is 0 Å². The van der Waals surface area contributed by atoms with E-state index in [4.69, 9.17) is 9.84 Å². The Labute approximate surface area is 95.4 Å². The standard InChI is InChI=1S/C10H20N2O4/c1-3-8(9(13)14)12-10(15)11-6-4-5-7-16-2/h8H,3-7H2,1-2H3,(H,13,14)(H2,11,12,15). The molecule has 6 heteroatoms. The van der Waals surface area contributed by atoms with Crippen LogP contribution in [0.1, 0.15) is 26.2 Å². The molecule has 0 aromatic heterocycles. The average molecular weight is 232 g/mol. The van der Waals surface area contributed by atoms with Crippen LogP contribution in [0.5, 0.6) is 0 Å². The molecule has 0 saturated carbocycles. The van der Waals surface area contributed by atoms with Crippen molar-refractivity contribution in [2.24, 2.45) is 0 Å². The fraction of sp³-hybridized carbons (Fsp3) is 0.800. The topological polar surface area (TPSA) is 87.7 Å². The molecule has 0 rings (SSSR count). The number of carbonyl (C=O) groups excluding carboxylic acids is 1. The smallest absolute Gasteiger partial charge is 0.326 e. The predicted molar refractivity (Wildman–Crippen MR) is 59.4 cm³/mol. The van der Waals surface area contributed by atoms with Crippen molar-refractivity contribution in [2.45, 2.75) is 32.2 Å². The van der Waals surface area contributed by atoms with E-state index < -0.39 is 18.0 Å². The third-order valence-electron chi connectivity index (χ3n) is 2.07. The molecule has 0 fully saturated rings. The van der Waals surface area contributed by atoms with Crippen molar-refractivity contribution in [2.75, 3.05) is 20.3 Å². The highest BCUT2D eigenvalue weighted by molar-refractivity contribution is 5.82. The van der Waals surface area contributed by atoms with Crippen LogP contribution in [-0.2, 0) is 9.53 Å². The minimum Gasteiger partial charge on any atom is -0.480 e. The van der Waals surface area contributed by atoms with Crippen molar-refractivity contribution in [3.05, 3.63) is 0 Å². The van der Waals surface area contributed by atoms with Gasteiger partial charge in [0.25, 0.3) is 0 Å². The van der Waals surface area contributed by atoms with E-state index in [0.717, 1.165) is 12.8 Å². The number of nitrogens with one attached hydrogen (secondary N) is 2. The van der Waals surface area contributed by atoms with Crippen LogP contribution in [0.3, 0.4) is 0 Å². The second-order valence-electron chi connectivity index (χ2n) is 3.40. The Bertz CT molecular complexity index is 221. The largest absolute Gasteiger partial charge is 0.480 e. The molecular formula is C10H20N2O4. The number of methoxy groups -OCH3 is 1. The fourth-order valence-electron chi connectivity index (χ4n) is 1.12. The Morgan fingerprint density at radius 3 is 2.56 bits per heavy atom. The van der Waals surface area contributed by atoms with E-state index in [1.54, 1.807) is 14.0 Å². The van der Waals surface area contributed by atoms with Crippen LogP contribution in [0, 0.1) is 0 Å². The van der Waals surface area contributed by atoms with Gasteiger partial charge < -0.3 is 20.5 Å². The molecular weight excluding hydrogens is 212 g/mol. The number of hydrogen-bond donors (Lipinski definition) is 3. The molecule has 0 spiro atoms. The highest BCUT2D eigenvalue weighted by atomic mass is 16.5. The average Bonchev–Trinajstić information content (AvgIpc) is 2.25. The van der Waals surface area contributed by atoms with Gasteiger partial charge >= 0.3 is 12.0 Å². The van der Waals surface area contributed by atoms with Gasteiger partial charge in [0.1, 0.15) is 6.04 Å². The summed E-state index contributed by atoms with van der Waals surface area (Å²) in [4.78, 5) is 21.9. The van der Waals surface area contributed by atoms with Gasteiger partial charge in [-0.2, -0.15) is 0 Å². The first-order chi connectivity index (χ1) is 7.61. The maximum atomic E-state index is 11.2. The van der Waals surface area contributed by atoms with Crippen molar-refractivity contribution < 1.29 is 19.4 Å². The third-order valence-corrected chi connectivity index (χ3v) is 2.07. The zero-order valence-corrected chi connectivity index (χ0v) is 9.78. The van der Waals surface area contributed by atoms with Gasteiger partial charge in [-0.25, -0.2) is 9.59 Å². The minimum absolute atomic E-state index is 0.367. The lowest BCUT2D eigenvalue weighted by molar-refractivity contribution is -0.139. The number of unbranched alkanes of at least 4 members (excludes halogenated alkanes) is 1. The lowest BCUT2D eigenvalue weighted by Crippen LogP contribution is -2.45. The molecule has 1 atom stereocenters. The zero-order valence-electron chi connectivity index (χ0n) is 9.78. The minimum atomic E-state index is -1.02. The molecule has 0 aliphatic rings. The van der Waals surface area contributed by atoms with Crippen LogP contribution < -0.4 is 10.6 Å². The normalized spacial score (nSPS) is 11.9. The summed E-state index contributed by atoms with van der Waals surface area (Å²) < 4.78 is 4.86. The number of aliphatic carboxylic acids is 1. The number of carbonyl (C=O) groups is 2. The number of carboxylic acid groups (broad SMARTS) is 1. The van der Waals surface area contributed by atoms with E-state index in [0.29, 0.717) is 19.6 Å². The van der Waals surface area contributed by atoms with E-state index in [9.17, 15) is 9.59 Å². The Kier molecular flexibility index (Phi) is 8.24. The number of carboxylic acids is 1.